The van der Waals surface area contributed by atoms with E-state index in [1.807, 2.05) is 0 Å². The molecule has 60 valence electrons. The molecule has 0 saturated carbocycles. The lowest BCUT2D eigenvalue weighted by Crippen LogP contribution is -1.78. The fourth-order valence-electron chi connectivity index (χ4n) is 0.879. The van der Waals surface area contributed by atoms with Crippen LogP contribution in [-0.2, 0) is 11.3 Å². The SMILES string of the molecule is CCCCCCCC=S=O. The van der Waals surface area contributed by atoms with E-state index >= 15 is 0 Å². The molecule has 0 unspecified atom stereocenters. The van der Waals surface area contributed by atoms with Crippen molar-refractivity contribution >= 4 is 16.6 Å². The highest BCUT2D eigenvalue weighted by Gasteiger charge is 1.85. The number of hydrogen-bond acceptors (Lipinski definition) is 1. The van der Waals surface area contributed by atoms with Crippen LogP contribution in [0.1, 0.15) is 45.4 Å². The molecule has 0 N–H and O–H groups in total. The minimum absolute atomic E-state index is 0.590. The van der Waals surface area contributed by atoms with Gasteiger partial charge in [0, 0.05) is 5.37 Å². The Kier molecular flexibility index (Phi) is 8.79. The van der Waals surface area contributed by atoms with Crippen molar-refractivity contribution in [3.63, 3.8) is 0 Å². The lowest BCUT2D eigenvalue weighted by Gasteiger charge is -1.94. The van der Waals surface area contributed by atoms with Gasteiger partial charge in [-0.25, -0.2) is 4.21 Å². The Morgan fingerprint density at radius 2 is 1.90 bits per heavy atom. The van der Waals surface area contributed by atoms with Gasteiger partial charge in [0.15, 0.2) is 0 Å². The molecule has 0 spiro atoms. The molecule has 0 rings (SSSR count). The molecule has 0 aliphatic carbocycles. The summed E-state index contributed by atoms with van der Waals surface area (Å²) in [6.07, 6.45) is 7.41. The molecule has 0 saturated heterocycles. The summed E-state index contributed by atoms with van der Waals surface area (Å²) in [5.41, 5.74) is 0. The highest BCUT2D eigenvalue weighted by Crippen LogP contribution is 2.02. The van der Waals surface area contributed by atoms with Gasteiger partial charge in [0.25, 0.3) is 0 Å². The minimum atomic E-state index is 0.590. The normalized spacial score (nSPS) is 9.30. The van der Waals surface area contributed by atoms with Crippen LogP contribution in [0, 0.1) is 0 Å². The number of rotatable bonds is 6. The molecule has 0 radical (unpaired) electrons. The third-order valence-corrected chi connectivity index (χ3v) is 1.87. The maximum Gasteiger partial charge on any atom is 0.0841 e. The van der Waals surface area contributed by atoms with Crippen LogP contribution in [0.4, 0.5) is 0 Å². The van der Waals surface area contributed by atoms with Gasteiger partial charge in [-0.1, -0.05) is 32.6 Å². The lowest BCUT2D eigenvalue weighted by molar-refractivity contribution is 0.645. The van der Waals surface area contributed by atoms with Gasteiger partial charge in [-0.15, -0.1) is 0 Å². The van der Waals surface area contributed by atoms with E-state index in [2.05, 4.69) is 6.92 Å². The Morgan fingerprint density at radius 3 is 2.50 bits per heavy atom. The zero-order chi connectivity index (χ0) is 7.66. The largest absolute Gasteiger partial charge is 0.213 e. The van der Waals surface area contributed by atoms with Crippen LogP contribution in [0.15, 0.2) is 0 Å². The van der Waals surface area contributed by atoms with Crippen LogP contribution in [0.2, 0.25) is 0 Å². The molecule has 1 nitrogen and oxygen atoms in total. The molecule has 0 bridgehead atoms. The number of unbranched alkanes of at least 4 members (excludes halogenated alkanes) is 5. The Labute approximate surface area is 66.9 Å². The third-order valence-electron chi connectivity index (χ3n) is 1.49. The smallest absolute Gasteiger partial charge is 0.0841 e. The Balaban J connectivity index is 2.83. The molecule has 0 aromatic heterocycles. The van der Waals surface area contributed by atoms with Crippen molar-refractivity contribution in [1.82, 2.24) is 0 Å². The summed E-state index contributed by atoms with van der Waals surface area (Å²) >= 11 is 0.590. The average molecular weight is 160 g/mol. The maximum atomic E-state index is 9.88. The van der Waals surface area contributed by atoms with Gasteiger partial charge in [-0.3, -0.25) is 0 Å². The summed E-state index contributed by atoms with van der Waals surface area (Å²) in [5, 5.41) is 1.74. The molecule has 0 aromatic carbocycles. The summed E-state index contributed by atoms with van der Waals surface area (Å²) in [6, 6.07) is 0. The van der Waals surface area contributed by atoms with Gasteiger partial charge < -0.3 is 0 Å². The van der Waals surface area contributed by atoms with Crippen molar-refractivity contribution in [2.45, 2.75) is 45.4 Å². The van der Waals surface area contributed by atoms with Crippen LogP contribution in [-0.4, -0.2) is 9.58 Å². The van der Waals surface area contributed by atoms with Crippen molar-refractivity contribution in [2.24, 2.45) is 0 Å². The fourth-order valence-corrected chi connectivity index (χ4v) is 1.14. The van der Waals surface area contributed by atoms with Gasteiger partial charge in [0.2, 0.25) is 0 Å². The van der Waals surface area contributed by atoms with E-state index in [-0.39, 0.29) is 0 Å². The van der Waals surface area contributed by atoms with E-state index < -0.39 is 0 Å². The molecule has 0 fully saturated rings. The topological polar surface area (TPSA) is 17.1 Å². The van der Waals surface area contributed by atoms with Crippen molar-refractivity contribution in [2.75, 3.05) is 0 Å². The molecular formula is C8H16OS. The van der Waals surface area contributed by atoms with E-state index in [0.29, 0.717) is 11.3 Å². The second-order valence-corrected chi connectivity index (χ2v) is 2.99. The van der Waals surface area contributed by atoms with Gasteiger partial charge in [-0.2, -0.15) is 0 Å². The molecular weight excluding hydrogens is 144 g/mol. The van der Waals surface area contributed by atoms with Gasteiger partial charge in [0.05, 0.1) is 11.3 Å². The fraction of sp³-hybridized carbons (Fsp3) is 0.875. The third kappa shape index (κ3) is 7.89. The van der Waals surface area contributed by atoms with Gasteiger partial charge in [0.1, 0.15) is 0 Å². The predicted molar refractivity (Wildman–Crippen MR) is 47.6 cm³/mol. The molecule has 0 amide bonds. The molecule has 0 aliphatic rings. The van der Waals surface area contributed by atoms with Crippen molar-refractivity contribution in [3.05, 3.63) is 0 Å². The summed E-state index contributed by atoms with van der Waals surface area (Å²) < 4.78 is 9.88. The Morgan fingerprint density at radius 1 is 1.20 bits per heavy atom. The Hall–Kier alpha value is -0.110. The first-order valence-corrected chi connectivity index (χ1v) is 4.82. The number of hydrogen-bond donors (Lipinski definition) is 0. The van der Waals surface area contributed by atoms with Crippen molar-refractivity contribution < 1.29 is 4.21 Å². The van der Waals surface area contributed by atoms with Crippen LogP contribution in [0.25, 0.3) is 0 Å². The highest BCUT2D eigenvalue weighted by molar-refractivity contribution is 7.64. The van der Waals surface area contributed by atoms with E-state index in [0.717, 1.165) is 6.42 Å². The van der Waals surface area contributed by atoms with E-state index in [9.17, 15) is 4.21 Å². The van der Waals surface area contributed by atoms with Crippen molar-refractivity contribution in [3.8, 4) is 0 Å². The summed E-state index contributed by atoms with van der Waals surface area (Å²) in [6.45, 7) is 2.21. The molecule has 0 aromatic rings. The van der Waals surface area contributed by atoms with Crippen molar-refractivity contribution in [1.29, 1.82) is 0 Å². The standard InChI is InChI=1S/C8H16OS/c1-2-3-4-5-6-7-8-10-9/h8H,2-7H2,1H3. The second kappa shape index (κ2) is 8.89. The zero-order valence-corrected chi connectivity index (χ0v) is 7.45. The van der Waals surface area contributed by atoms with Gasteiger partial charge >= 0.3 is 0 Å². The first-order chi connectivity index (χ1) is 4.91. The molecule has 0 aliphatic heterocycles. The first-order valence-electron chi connectivity index (χ1n) is 4.02. The van der Waals surface area contributed by atoms with E-state index in [1.165, 1.54) is 32.1 Å². The van der Waals surface area contributed by atoms with E-state index in [1.54, 1.807) is 5.37 Å². The average Bonchev–Trinajstić information content (AvgIpc) is 1.97. The van der Waals surface area contributed by atoms with Crippen LogP contribution in [0.3, 0.4) is 0 Å². The van der Waals surface area contributed by atoms with E-state index in [4.69, 9.17) is 0 Å². The Bertz CT molecular complexity index is 106. The van der Waals surface area contributed by atoms with Crippen LogP contribution >= 0.6 is 0 Å². The maximum absolute atomic E-state index is 9.88. The quantitative estimate of drug-likeness (QED) is 0.430. The summed E-state index contributed by atoms with van der Waals surface area (Å²) in [4.78, 5) is 0. The summed E-state index contributed by atoms with van der Waals surface area (Å²) in [7, 11) is 0. The minimum Gasteiger partial charge on any atom is -0.213 e. The first kappa shape index (κ1) is 9.89. The zero-order valence-electron chi connectivity index (χ0n) is 6.64. The highest BCUT2D eigenvalue weighted by atomic mass is 32.1. The molecule has 0 atom stereocenters. The van der Waals surface area contributed by atoms with Gasteiger partial charge in [-0.05, 0) is 12.8 Å². The van der Waals surface area contributed by atoms with Crippen LogP contribution in [0.5, 0.6) is 0 Å². The predicted octanol–water partition coefficient (Wildman–Crippen LogP) is 2.36. The van der Waals surface area contributed by atoms with Crippen LogP contribution < -0.4 is 0 Å². The lowest BCUT2D eigenvalue weighted by atomic mass is 10.1. The monoisotopic (exact) mass is 160 g/mol. The molecule has 10 heavy (non-hydrogen) atoms. The molecule has 0 heterocycles. The molecule has 2 heteroatoms. The summed E-state index contributed by atoms with van der Waals surface area (Å²) in [5.74, 6) is 0. The second-order valence-electron chi connectivity index (χ2n) is 2.47.